The predicted octanol–water partition coefficient (Wildman–Crippen LogP) is 3.72. The van der Waals surface area contributed by atoms with Crippen molar-refractivity contribution in [3.63, 3.8) is 0 Å². The molecule has 0 N–H and O–H groups in total. The van der Waals surface area contributed by atoms with Crippen molar-refractivity contribution in [2.24, 2.45) is 4.99 Å². The first-order chi connectivity index (χ1) is 9.12. The summed E-state index contributed by atoms with van der Waals surface area (Å²) in [6.45, 7) is 0. The van der Waals surface area contributed by atoms with Crippen molar-refractivity contribution in [1.29, 1.82) is 0 Å². The number of rotatable bonds is 1. The number of thioether (sulfide) groups is 1. The molecule has 1 aliphatic carbocycles. The minimum absolute atomic E-state index is 0.0314. The fourth-order valence-corrected chi connectivity index (χ4v) is 4.26. The third-order valence-corrected chi connectivity index (χ3v) is 5.63. The van der Waals surface area contributed by atoms with Crippen LogP contribution in [-0.2, 0) is 4.79 Å². The molecule has 1 saturated carbocycles. The van der Waals surface area contributed by atoms with E-state index in [4.69, 9.17) is 11.6 Å². The molecule has 0 radical (unpaired) electrons. The zero-order chi connectivity index (χ0) is 13.5. The van der Waals surface area contributed by atoms with Crippen LogP contribution in [0.5, 0.6) is 0 Å². The number of amides is 1. The third-order valence-electron chi connectivity index (χ3n) is 3.79. The SMILES string of the molecule is CN(C1=NC(=O)C2(CCCC2)S1)c1ccccc1Cl. The number of carbonyl (C=O) groups excluding carboxylic acids is 1. The van der Waals surface area contributed by atoms with Crippen molar-refractivity contribution < 1.29 is 4.79 Å². The lowest BCUT2D eigenvalue weighted by Crippen LogP contribution is -2.28. The molecule has 0 unspecified atom stereocenters. The molecule has 0 saturated heterocycles. The number of aliphatic imine (C=N–C) groups is 1. The van der Waals surface area contributed by atoms with Crippen LogP contribution in [0, 0.1) is 0 Å². The number of para-hydroxylation sites is 1. The second kappa shape index (κ2) is 4.84. The van der Waals surface area contributed by atoms with Crippen LogP contribution in [0.1, 0.15) is 25.7 Å². The minimum atomic E-state index is -0.287. The van der Waals surface area contributed by atoms with Gasteiger partial charge in [-0.2, -0.15) is 4.99 Å². The molecule has 0 bridgehead atoms. The average molecular weight is 295 g/mol. The highest BCUT2D eigenvalue weighted by Crippen LogP contribution is 2.47. The molecule has 1 fully saturated rings. The normalized spacial score (nSPS) is 20.9. The van der Waals surface area contributed by atoms with E-state index in [2.05, 4.69) is 4.99 Å². The van der Waals surface area contributed by atoms with Crippen LogP contribution in [0.15, 0.2) is 29.3 Å². The van der Waals surface area contributed by atoms with E-state index in [9.17, 15) is 4.79 Å². The van der Waals surface area contributed by atoms with Gasteiger partial charge in [0, 0.05) is 7.05 Å². The highest BCUT2D eigenvalue weighted by molar-refractivity contribution is 8.16. The number of benzene rings is 1. The second-order valence-corrected chi connectivity index (χ2v) is 6.77. The van der Waals surface area contributed by atoms with Gasteiger partial charge in [-0.1, -0.05) is 48.3 Å². The summed E-state index contributed by atoms with van der Waals surface area (Å²) in [5.41, 5.74) is 0.887. The summed E-state index contributed by atoms with van der Waals surface area (Å²) < 4.78 is -0.287. The summed E-state index contributed by atoms with van der Waals surface area (Å²) in [5, 5.41) is 1.44. The number of hydrogen-bond donors (Lipinski definition) is 0. The second-order valence-electron chi connectivity index (χ2n) is 5.01. The van der Waals surface area contributed by atoms with Gasteiger partial charge in [-0.15, -0.1) is 0 Å². The Hall–Kier alpha value is -1.00. The first kappa shape index (κ1) is 13.0. The maximum atomic E-state index is 12.2. The Morgan fingerprint density at radius 1 is 1.32 bits per heavy atom. The highest BCUT2D eigenvalue weighted by atomic mass is 35.5. The fraction of sp³-hybridized carbons (Fsp3) is 0.429. The maximum absolute atomic E-state index is 12.2. The molecule has 0 aromatic heterocycles. The number of halogens is 1. The molecule has 1 aromatic rings. The molecule has 100 valence electrons. The van der Waals surface area contributed by atoms with E-state index in [1.165, 1.54) is 0 Å². The quantitative estimate of drug-likeness (QED) is 0.791. The summed E-state index contributed by atoms with van der Waals surface area (Å²) in [6.07, 6.45) is 4.13. The van der Waals surface area contributed by atoms with Crippen LogP contribution >= 0.6 is 23.4 Å². The molecule has 3 nitrogen and oxygen atoms in total. The van der Waals surface area contributed by atoms with Gasteiger partial charge in [0.1, 0.15) is 4.75 Å². The van der Waals surface area contributed by atoms with Crippen LogP contribution < -0.4 is 4.90 Å². The average Bonchev–Trinajstić information content (AvgIpc) is 2.99. The summed E-state index contributed by atoms with van der Waals surface area (Å²) in [7, 11) is 1.91. The van der Waals surface area contributed by atoms with E-state index in [0.29, 0.717) is 5.02 Å². The van der Waals surface area contributed by atoms with Crippen molar-refractivity contribution in [1.82, 2.24) is 0 Å². The molecular formula is C14H15ClN2OS. The van der Waals surface area contributed by atoms with Gasteiger partial charge in [-0.3, -0.25) is 4.79 Å². The molecule has 0 atom stereocenters. The van der Waals surface area contributed by atoms with E-state index in [0.717, 1.165) is 36.5 Å². The van der Waals surface area contributed by atoms with Crippen LogP contribution in [0.2, 0.25) is 5.02 Å². The van der Waals surface area contributed by atoms with Gasteiger partial charge >= 0.3 is 0 Å². The zero-order valence-electron chi connectivity index (χ0n) is 10.7. The molecule has 1 heterocycles. The van der Waals surface area contributed by atoms with Crippen molar-refractivity contribution in [2.75, 3.05) is 11.9 Å². The van der Waals surface area contributed by atoms with Gasteiger partial charge in [0.05, 0.1) is 10.7 Å². The van der Waals surface area contributed by atoms with Gasteiger partial charge < -0.3 is 4.90 Å². The Morgan fingerprint density at radius 2 is 2.00 bits per heavy atom. The third kappa shape index (κ3) is 2.17. The van der Waals surface area contributed by atoms with Crippen LogP contribution in [0.25, 0.3) is 0 Å². The van der Waals surface area contributed by atoms with Crippen molar-refractivity contribution in [3.8, 4) is 0 Å². The Morgan fingerprint density at radius 3 is 2.68 bits per heavy atom. The predicted molar refractivity (Wildman–Crippen MR) is 81.1 cm³/mol. The van der Waals surface area contributed by atoms with E-state index in [1.807, 2.05) is 36.2 Å². The highest BCUT2D eigenvalue weighted by Gasteiger charge is 2.48. The first-order valence-corrected chi connectivity index (χ1v) is 7.62. The number of anilines is 1. The lowest BCUT2D eigenvalue weighted by atomic mass is 10.1. The smallest absolute Gasteiger partial charge is 0.264 e. The van der Waals surface area contributed by atoms with E-state index < -0.39 is 0 Å². The topological polar surface area (TPSA) is 32.7 Å². The van der Waals surface area contributed by atoms with Crippen molar-refractivity contribution in [3.05, 3.63) is 29.3 Å². The van der Waals surface area contributed by atoms with Gasteiger partial charge in [0.15, 0.2) is 5.17 Å². The zero-order valence-corrected chi connectivity index (χ0v) is 12.3. The number of hydrogen-bond acceptors (Lipinski definition) is 3. The maximum Gasteiger partial charge on any atom is 0.264 e. The van der Waals surface area contributed by atoms with Crippen molar-refractivity contribution in [2.45, 2.75) is 30.4 Å². The minimum Gasteiger partial charge on any atom is -0.323 e. The van der Waals surface area contributed by atoms with E-state index in [1.54, 1.807) is 11.8 Å². The largest absolute Gasteiger partial charge is 0.323 e. The Balaban J connectivity index is 1.86. The standard InChI is InChI=1S/C14H15ClN2OS/c1-17(11-7-3-2-6-10(11)15)13-16-12(18)14(19-13)8-4-5-9-14/h2-3,6-7H,4-5,8-9H2,1H3. The van der Waals surface area contributed by atoms with Crippen molar-refractivity contribution >= 4 is 40.1 Å². The van der Waals surface area contributed by atoms with Gasteiger partial charge in [0.25, 0.3) is 5.91 Å². The molecule has 1 amide bonds. The molecule has 5 heteroatoms. The summed E-state index contributed by atoms with van der Waals surface area (Å²) in [5.74, 6) is 0.0314. The summed E-state index contributed by atoms with van der Waals surface area (Å²) >= 11 is 7.80. The molecular weight excluding hydrogens is 280 g/mol. The van der Waals surface area contributed by atoms with Crippen LogP contribution in [-0.4, -0.2) is 22.9 Å². The molecule has 19 heavy (non-hydrogen) atoms. The monoisotopic (exact) mass is 294 g/mol. The van der Waals surface area contributed by atoms with Gasteiger partial charge in [0.2, 0.25) is 0 Å². The number of amidine groups is 1. The number of carbonyl (C=O) groups is 1. The summed E-state index contributed by atoms with van der Waals surface area (Å²) in [4.78, 5) is 18.3. The Bertz CT molecular complexity index is 552. The Labute approximate surface area is 122 Å². The number of nitrogens with zero attached hydrogens (tertiary/aromatic N) is 2. The lowest BCUT2D eigenvalue weighted by Gasteiger charge is -2.23. The van der Waals surface area contributed by atoms with Gasteiger partial charge in [-0.05, 0) is 25.0 Å². The molecule has 1 aliphatic heterocycles. The molecule has 2 aliphatic rings. The fourth-order valence-electron chi connectivity index (χ4n) is 2.66. The molecule has 3 rings (SSSR count). The van der Waals surface area contributed by atoms with E-state index in [-0.39, 0.29) is 10.7 Å². The summed E-state index contributed by atoms with van der Waals surface area (Å²) in [6, 6.07) is 7.62. The van der Waals surface area contributed by atoms with Crippen LogP contribution in [0.3, 0.4) is 0 Å². The van der Waals surface area contributed by atoms with Crippen LogP contribution in [0.4, 0.5) is 5.69 Å². The molecule has 1 aromatic carbocycles. The lowest BCUT2D eigenvalue weighted by molar-refractivity contribution is -0.119. The first-order valence-electron chi connectivity index (χ1n) is 6.43. The molecule has 1 spiro atoms. The van der Waals surface area contributed by atoms with Gasteiger partial charge in [-0.25, -0.2) is 0 Å². The Kier molecular flexibility index (Phi) is 3.31. The van der Waals surface area contributed by atoms with E-state index >= 15 is 0 Å².